The number of hydrogen-bond acceptors (Lipinski definition) is 3. The molecule has 0 bridgehead atoms. The Hall–Kier alpha value is -0.570. The standard InChI is InChI=1S/C12H17BrF2N2O2S/c1-3-16-7-9-4-5-11(10(13)6-9)20(18,19)17(2)8-12(14)15/h4-6,12,16H,3,7-8H2,1-2H3. The number of halogens is 3. The second-order valence-corrected chi connectivity index (χ2v) is 7.09. The molecule has 0 aliphatic rings. The number of hydrogen-bond donors (Lipinski definition) is 1. The Kier molecular flexibility index (Phi) is 6.50. The first-order chi connectivity index (χ1) is 9.28. The maximum atomic E-state index is 12.3. The molecule has 0 aliphatic carbocycles. The molecule has 0 heterocycles. The largest absolute Gasteiger partial charge is 0.313 e. The van der Waals surface area contributed by atoms with Gasteiger partial charge in [-0.15, -0.1) is 0 Å². The van der Waals surface area contributed by atoms with Crippen molar-refractivity contribution in [2.75, 3.05) is 20.1 Å². The minimum Gasteiger partial charge on any atom is -0.313 e. The molecule has 0 radical (unpaired) electrons. The summed E-state index contributed by atoms with van der Waals surface area (Å²) < 4.78 is 50.0. The van der Waals surface area contributed by atoms with Crippen molar-refractivity contribution in [3.8, 4) is 0 Å². The molecular weight excluding hydrogens is 354 g/mol. The van der Waals surface area contributed by atoms with Crippen molar-refractivity contribution in [3.63, 3.8) is 0 Å². The number of rotatable bonds is 7. The van der Waals surface area contributed by atoms with E-state index in [1.54, 1.807) is 12.1 Å². The van der Waals surface area contributed by atoms with Crippen LogP contribution in [0.2, 0.25) is 0 Å². The molecule has 0 fully saturated rings. The highest BCUT2D eigenvalue weighted by atomic mass is 79.9. The van der Waals surface area contributed by atoms with Crippen LogP contribution < -0.4 is 5.32 Å². The summed E-state index contributed by atoms with van der Waals surface area (Å²) >= 11 is 3.19. The number of nitrogens with zero attached hydrogens (tertiary/aromatic N) is 1. The van der Waals surface area contributed by atoms with E-state index in [9.17, 15) is 17.2 Å². The average Bonchev–Trinajstić information content (AvgIpc) is 2.35. The summed E-state index contributed by atoms with van der Waals surface area (Å²) in [5, 5.41) is 3.12. The van der Waals surface area contributed by atoms with E-state index in [4.69, 9.17) is 0 Å². The Balaban J connectivity index is 3.01. The molecule has 1 aromatic rings. The Morgan fingerprint density at radius 2 is 2.05 bits per heavy atom. The molecule has 0 unspecified atom stereocenters. The number of nitrogens with one attached hydrogen (secondary N) is 1. The van der Waals surface area contributed by atoms with Crippen molar-refractivity contribution in [3.05, 3.63) is 28.2 Å². The predicted molar refractivity (Wildman–Crippen MR) is 77.3 cm³/mol. The number of sulfonamides is 1. The molecule has 1 aromatic carbocycles. The second-order valence-electron chi connectivity index (χ2n) is 4.22. The molecule has 8 heteroatoms. The van der Waals surface area contributed by atoms with Gasteiger partial charge in [0.1, 0.15) is 0 Å². The zero-order valence-corrected chi connectivity index (χ0v) is 13.6. The van der Waals surface area contributed by atoms with Crippen molar-refractivity contribution in [2.45, 2.75) is 24.8 Å². The first-order valence-corrected chi connectivity index (χ1v) is 8.26. The van der Waals surface area contributed by atoms with E-state index in [0.29, 0.717) is 15.3 Å². The quantitative estimate of drug-likeness (QED) is 0.801. The fourth-order valence-corrected chi connectivity index (χ4v) is 3.82. The molecule has 0 saturated heterocycles. The van der Waals surface area contributed by atoms with E-state index in [1.807, 2.05) is 6.92 Å². The fourth-order valence-electron chi connectivity index (χ4n) is 1.59. The summed E-state index contributed by atoms with van der Waals surface area (Å²) in [6.07, 6.45) is -2.71. The normalized spacial score (nSPS) is 12.3. The van der Waals surface area contributed by atoms with Gasteiger partial charge in [0.2, 0.25) is 10.0 Å². The van der Waals surface area contributed by atoms with Gasteiger partial charge >= 0.3 is 0 Å². The van der Waals surface area contributed by atoms with Gasteiger partial charge in [0, 0.05) is 18.1 Å². The van der Waals surface area contributed by atoms with Crippen LogP contribution >= 0.6 is 15.9 Å². The van der Waals surface area contributed by atoms with Gasteiger partial charge in [-0.2, -0.15) is 4.31 Å². The monoisotopic (exact) mass is 370 g/mol. The number of benzene rings is 1. The van der Waals surface area contributed by atoms with E-state index in [2.05, 4.69) is 21.2 Å². The van der Waals surface area contributed by atoms with Gasteiger partial charge in [0.15, 0.2) is 0 Å². The molecule has 20 heavy (non-hydrogen) atoms. The van der Waals surface area contributed by atoms with E-state index in [0.717, 1.165) is 19.2 Å². The van der Waals surface area contributed by atoms with Crippen LogP contribution in [-0.4, -0.2) is 39.3 Å². The molecule has 0 spiro atoms. The van der Waals surface area contributed by atoms with Gasteiger partial charge in [0.05, 0.1) is 11.4 Å². The molecule has 0 saturated carbocycles. The Bertz CT molecular complexity index is 552. The fraction of sp³-hybridized carbons (Fsp3) is 0.500. The van der Waals surface area contributed by atoms with E-state index >= 15 is 0 Å². The molecule has 4 nitrogen and oxygen atoms in total. The highest BCUT2D eigenvalue weighted by Gasteiger charge is 2.25. The van der Waals surface area contributed by atoms with Gasteiger partial charge in [0.25, 0.3) is 6.43 Å². The van der Waals surface area contributed by atoms with Crippen LogP contribution in [0.5, 0.6) is 0 Å². The predicted octanol–water partition coefficient (Wildman–Crippen LogP) is 2.44. The lowest BCUT2D eigenvalue weighted by atomic mass is 10.2. The minimum absolute atomic E-state index is 0.0131. The zero-order valence-electron chi connectivity index (χ0n) is 11.2. The van der Waals surface area contributed by atoms with Crippen LogP contribution in [0.25, 0.3) is 0 Å². The smallest absolute Gasteiger partial charge is 0.252 e. The molecule has 0 aromatic heterocycles. The van der Waals surface area contributed by atoms with Crippen molar-refractivity contribution >= 4 is 26.0 Å². The summed E-state index contributed by atoms with van der Waals surface area (Å²) in [4.78, 5) is -0.0131. The van der Waals surface area contributed by atoms with Gasteiger partial charge < -0.3 is 5.32 Å². The van der Waals surface area contributed by atoms with Gasteiger partial charge in [-0.05, 0) is 40.2 Å². The lowest BCUT2D eigenvalue weighted by molar-refractivity contribution is 0.126. The molecule has 0 aliphatic heterocycles. The summed E-state index contributed by atoms with van der Waals surface area (Å²) in [6.45, 7) is 2.55. The third-order valence-electron chi connectivity index (χ3n) is 2.66. The molecule has 0 atom stereocenters. The van der Waals surface area contributed by atoms with Gasteiger partial charge in [-0.1, -0.05) is 13.0 Å². The summed E-state index contributed by atoms with van der Waals surface area (Å²) in [7, 11) is -2.78. The summed E-state index contributed by atoms with van der Waals surface area (Å²) in [6, 6.07) is 4.76. The third-order valence-corrected chi connectivity index (χ3v) is 5.46. The number of alkyl halides is 2. The van der Waals surface area contributed by atoms with Crippen LogP contribution in [0, 0.1) is 0 Å². The lowest BCUT2D eigenvalue weighted by Gasteiger charge is -2.18. The van der Waals surface area contributed by atoms with E-state index in [-0.39, 0.29) is 4.90 Å². The molecule has 0 amide bonds. The topological polar surface area (TPSA) is 49.4 Å². The Labute approximate surface area is 126 Å². The van der Waals surface area contributed by atoms with Crippen molar-refractivity contribution in [1.29, 1.82) is 0 Å². The van der Waals surface area contributed by atoms with E-state index < -0.39 is 23.0 Å². The first kappa shape index (κ1) is 17.5. The van der Waals surface area contributed by atoms with Crippen LogP contribution in [0.15, 0.2) is 27.6 Å². The summed E-state index contributed by atoms with van der Waals surface area (Å²) in [5.41, 5.74) is 0.911. The highest BCUT2D eigenvalue weighted by molar-refractivity contribution is 9.10. The minimum atomic E-state index is -3.92. The zero-order chi connectivity index (χ0) is 15.3. The van der Waals surface area contributed by atoms with Gasteiger partial charge in [-0.25, -0.2) is 17.2 Å². The maximum absolute atomic E-state index is 12.3. The Morgan fingerprint density at radius 1 is 1.40 bits per heavy atom. The van der Waals surface area contributed by atoms with Crippen LogP contribution in [0.3, 0.4) is 0 Å². The molecule has 1 rings (SSSR count). The van der Waals surface area contributed by atoms with Crippen molar-refractivity contribution in [2.24, 2.45) is 0 Å². The molecular formula is C12H17BrF2N2O2S. The average molecular weight is 371 g/mol. The first-order valence-electron chi connectivity index (χ1n) is 6.02. The van der Waals surface area contributed by atoms with Gasteiger partial charge in [-0.3, -0.25) is 0 Å². The SMILES string of the molecule is CCNCc1ccc(S(=O)(=O)N(C)CC(F)F)c(Br)c1. The summed E-state index contributed by atoms with van der Waals surface area (Å²) in [5.74, 6) is 0. The highest BCUT2D eigenvalue weighted by Crippen LogP contribution is 2.26. The molecule has 1 N–H and O–H groups in total. The van der Waals surface area contributed by atoms with E-state index in [1.165, 1.54) is 6.07 Å². The van der Waals surface area contributed by atoms with Crippen molar-refractivity contribution in [1.82, 2.24) is 9.62 Å². The molecule has 114 valence electrons. The second kappa shape index (κ2) is 7.44. The van der Waals surface area contributed by atoms with Crippen LogP contribution in [-0.2, 0) is 16.6 Å². The van der Waals surface area contributed by atoms with Crippen LogP contribution in [0.4, 0.5) is 8.78 Å². The lowest BCUT2D eigenvalue weighted by Crippen LogP contribution is -2.31. The van der Waals surface area contributed by atoms with Crippen LogP contribution in [0.1, 0.15) is 12.5 Å². The third kappa shape index (κ3) is 4.47. The maximum Gasteiger partial charge on any atom is 0.252 e. The van der Waals surface area contributed by atoms with Crippen molar-refractivity contribution < 1.29 is 17.2 Å². The Morgan fingerprint density at radius 3 is 2.55 bits per heavy atom.